The van der Waals surface area contributed by atoms with E-state index in [0.29, 0.717) is 13.2 Å². The van der Waals surface area contributed by atoms with Gasteiger partial charge in [0, 0.05) is 31.2 Å². The zero-order valence-electron chi connectivity index (χ0n) is 12.0. The van der Waals surface area contributed by atoms with Crippen LogP contribution in [0.4, 0.5) is 4.39 Å². The Labute approximate surface area is 115 Å². The lowest BCUT2D eigenvalue weighted by Gasteiger charge is -2.17. The summed E-state index contributed by atoms with van der Waals surface area (Å²) in [5, 5.41) is 3.27. The van der Waals surface area contributed by atoms with Crippen molar-refractivity contribution in [3.63, 3.8) is 0 Å². The minimum Gasteiger partial charge on any atom is -0.493 e. The van der Waals surface area contributed by atoms with Crippen LogP contribution >= 0.6 is 0 Å². The van der Waals surface area contributed by atoms with Gasteiger partial charge in [0.15, 0.2) is 0 Å². The molecule has 0 bridgehead atoms. The van der Waals surface area contributed by atoms with Gasteiger partial charge in [-0.15, -0.1) is 0 Å². The second kappa shape index (κ2) is 8.88. The van der Waals surface area contributed by atoms with E-state index >= 15 is 0 Å². The van der Waals surface area contributed by atoms with Crippen LogP contribution in [0.15, 0.2) is 18.2 Å². The highest BCUT2D eigenvalue weighted by atomic mass is 19.1. The SMILES string of the molecule is CCNC(C)c1cc(F)ccc1OCCCOCC. The Morgan fingerprint density at radius 2 is 2.05 bits per heavy atom. The molecule has 0 fully saturated rings. The number of ether oxygens (including phenoxy) is 2. The van der Waals surface area contributed by atoms with E-state index in [1.165, 1.54) is 12.1 Å². The summed E-state index contributed by atoms with van der Waals surface area (Å²) in [7, 11) is 0. The molecule has 0 aliphatic rings. The van der Waals surface area contributed by atoms with E-state index in [2.05, 4.69) is 5.32 Å². The summed E-state index contributed by atoms with van der Waals surface area (Å²) in [4.78, 5) is 0. The molecule has 0 saturated heterocycles. The minimum atomic E-state index is -0.235. The van der Waals surface area contributed by atoms with Crippen molar-refractivity contribution in [3.8, 4) is 5.75 Å². The third-order valence-corrected chi connectivity index (χ3v) is 2.84. The molecular weight excluding hydrogens is 245 g/mol. The van der Waals surface area contributed by atoms with Gasteiger partial charge in [0.2, 0.25) is 0 Å². The average Bonchev–Trinajstić information content (AvgIpc) is 2.40. The molecule has 1 N–H and O–H groups in total. The lowest BCUT2D eigenvalue weighted by Crippen LogP contribution is -2.19. The van der Waals surface area contributed by atoms with E-state index in [9.17, 15) is 4.39 Å². The fourth-order valence-corrected chi connectivity index (χ4v) is 1.89. The normalized spacial score (nSPS) is 12.4. The van der Waals surface area contributed by atoms with Crippen molar-refractivity contribution >= 4 is 0 Å². The van der Waals surface area contributed by atoms with Gasteiger partial charge in [0.05, 0.1) is 6.61 Å². The molecule has 1 unspecified atom stereocenters. The van der Waals surface area contributed by atoms with Gasteiger partial charge in [-0.2, -0.15) is 0 Å². The van der Waals surface area contributed by atoms with Crippen molar-refractivity contribution in [2.75, 3.05) is 26.4 Å². The van der Waals surface area contributed by atoms with Crippen LogP contribution < -0.4 is 10.1 Å². The van der Waals surface area contributed by atoms with Crippen LogP contribution in [-0.4, -0.2) is 26.4 Å². The van der Waals surface area contributed by atoms with Gasteiger partial charge >= 0.3 is 0 Å². The monoisotopic (exact) mass is 269 g/mol. The largest absolute Gasteiger partial charge is 0.493 e. The summed E-state index contributed by atoms with van der Waals surface area (Å²) in [6.45, 7) is 8.83. The molecule has 1 rings (SSSR count). The molecule has 0 saturated carbocycles. The first kappa shape index (κ1) is 15.9. The molecule has 108 valence electrons. The zero-order valence-corrected chi connectivity index (χ0v) is 12.0. The first-order chi connectivity index (χ1) is 9.19. The van der Waals surface area contributed by atoms with E-state index in [0.717, 1.165) is 30.9 Å². The van der Waals surface area contributed by atoms with E-state index in [1.807, 2.05) is 20.8 Å². The molecule has 3 nitrogen and oxygen atoms in total. The first-order valence-electron chi connectivity index (χ1n) is 6.92. The summed E-state index contributed by atoms with van der Waals surface area (Å²) in [5.74, 6) is 0.507. The maximum Gasteiger partial charge on any atom is 0.124 e. The minimum absolute atomic E-state index is 0.0718. The number of rotatable bonds is 9. The summed E-state index contributed by atoms with van der Waals surface area (Å²) in [5.41, 5.74) is 0.859. The third-order valence-electron chi connectivity index (χ3n) is 2.84. The molecule has 0 aliphatic heterocycles. The summed E-state index contributed by atoms with van der Waals surface area (Å²) < 4.78 is 24.3. The van der Waals surface area contributed by atoms with Crippen LogP contribution in [0.1, 0.15) is 38.8 Å². The Balaban J connectivity index is 2.60. The molecular formula is C15H24FNO2. The molecule has 0 spiro atoms. The fraction of sp³-hybridized carbons (Fsp3) is 0.600. The molecule has 1 aromatic carbocycles. The van der Waals surface area contributed by atoms with Gasteiger partial charge in [-0.05, 0) is 38.6 Å². The Morgan fingerprint density at radius 3 is 2.74 bits per heavy atom. The van der Waals surface area contributed by atoms with E-state index < -0.39 is 0 Å². The van der Waals surface area contributed by atoms with Crippen molar-refractivity contribution in [1.29, 1.82) is 0 Å². The second-order valence-corrected chi connectivity index (χ2v) is 4.36. The highest BCUT2D eigenvalue weighted by Gasteiger charge is 2.12. The molecule has 0 aliphatic carbocycles. The lowest BCUT2D eigenvalue weighted by atomic mass is 10.1. The molecule has 0 aromatic heterocycles. The topological polar surface area (TPSA) is 30.5 Å². The van der Waals surface area contributed by atoms with Gasteiger partial charge in [0.1, 0.15) is 11.6 Å². The van der Waals surface area contributed by atoms with Crippen molar-refractivity contribution in [2.45, 2.75) is 33.2 Å². The highest BCUT2D eigenvalue weighted by Crippen LogP contribution is 2.26. The number of halogens is 1. The van der Waals surface area contributed by atoms with Crippen molar-refractivity contribution < 1.29 is 13.9 Å². The van der Waals surface area contributed by atoms with E-state index in [1.54, 1.807) is 6.07 Å². The van der Waals surface area contributed by atoms with E-state index in [4.69, 9.17) is 9.47 Å². The zero-order chi connectivity index (χ0) is 14.1. The van der Waals surface area contributed by atoms with Gasteiger partial charge in [0.25, 0.3) is 0 Å². The second-order valence-electron chi connectivity index (χ2n) is 4.36. The molecule has 19 heavy (non-hydrogen) atoms. The number of hydrogen-bond acceptors (Lipinski definition) is 3. The summed E-state index contributed by atoms with van der Waals surface area (Å²) in [6, 6.07) is 4.73. The molecule has 0 amide bonds. The van der Waals surface area contributed by atoms with Gasteiger partial charge in [-0.1, -0.05) is 6.92 Å². The quantitative estimate of drug-likeness (QED) is 0.698. The maximum atomic E-state index is 13.3. The van der Waals surface area contributed by atoms with Crippen LogP contribution in [0.25, 0.3) is 0 Å². The van der Waals surface area contributed by atoms with E-state index in [-0.39, 0.29) is 11.9 Å². The van der Waals surface area contributed by atoms with Gasteiger partial charge < -0.3 is 14.8 Å². The van der Waals surface area contributed by atoms with Crippen molar-refractivity contribution in [1.82, 2.24) is 5.32 Å². The maximum absolute atomic E-state index is 13.3. The standard InChI is InChI=1S/C15H24FNO2/c1-4-17-12(3)14-11-13(16)7-8-15(14)19-10-6-9-18-5-2/h7-8,11-12,17H,4-6,9-10H2,1-3H3. The predicted molar refractivity (Wildman–Crippen MR) is 75.1 cm³/mol. The Kier molecular flexibility index (Phi) is 7.45. The van der Waals surface area contributed by atoms with Crippen LogP contribution in [-0.2, 0) is 4.74 Å². The summed E-state index contributed by atoms with van der Waals surface area (Å²) in [6.07, 6.45) is 0.834. The molecule has 0 heterocycles. The van der Waals surface area contributed by atoms with Crippen LogP contribution in [0.2, 0.25) is 0 Å². The Hall–Kier alpha value is -1.13. The first-order valence-corrected chi connectivity index (χ1v) is 6.92. The Bertz CT molecular complexity index is 371. The van der Waals surface area contributed by atoms with Crippen molar-refractivity contribution in [3.05, 3.63) is 29.6 Å². The number of nitrogens with one attached hydrogen (secondary N) is 1. The van der Waals surface area contributed by atoms with Gasteiger partial charge in [-0.3, -0.25) is 0 Å². The fourth-order valence-electron chi connectivity index (χ4n) is 1.89. The van der Waals surface area contributed by atoms with Gasteiger partial charge in [-0.25, -0.2) is 4.39 Å². The predicted octanol–water partition coefficient (Wildman–Crippen LogP) is 3.30. The Morgan fingerprint density at radius 1 is 1.26 bits per heavy atom. The molecule has 4 heteroatoms. The number of hydrogen-bond donors (Lipinski definition) is 1. The van der Waals surface area contributed by atoms with Crippen LogP contribution in [0.3, 0.4) is 0 Å². The molecule has 0 radical (unpaired) electrons. The van der Waals surface area contributed by atoms with Crippen LogP contribution in [0, 0.1) is 5.82 Å². The smallest absolute Gasteiger partial charge is 0.124 e. The molecule has 1 atom stereocenters. The van der Waals surface area contributed by atoms with Crippen molar-refractivity contribution in [2.24, 2.45) is 0 Å². The summed E-state index contributed by atoms with van der Waals surface area (Å²) >= 11 is 0. The average molecular weight is 269 g/mol. The number of benzene rings is 1. The lowest BCUT2D eigenvalue weighted by molar-refractivity contribution is 0.130. The van der Waals surface area contributed by atoms with Crippen LogP contribution in [0.5, 0.6) is 5.75 Å². The highest BCUT2D eigenvalue weighted by molar-refractivity contribution is 5.36. The third kappa shape index (κ3) is 5.57. The molecule has 1 aromatic rings.